The van der Waals surface area contributed by atoms with E-state index in [0.717, 1.165) is 18.5 Å². The predicted molar refractivity (Wildman–Crippen MR) is 72.5 cm³/mol. The minimum Gasteiger partial charge on any atom is -0.481 e. The van der Waals surface area contributed by atoms with Crippen molar-refractivity contribution >= 4 is 0 Å². The first-order valence-corrected chi connectivity index (χ1v) is 6.90. The van der Waals surface area contributed by atoms with E-state index in [-0.39, 0.29) is 6.04 Å². The van der Waals surface area contributed by atoms with Crippen LogP contribution in [0, 0.1) is 0 Å². The van der Waals surface area contributed by atoms with Crippen LogP contribution in [0.4, 0.5) is 0 Å². The van der Waals surface area contributed by atoms with Crippen LogP contribution in [-0.4, -0.2) is 28.8 Å². The lowest BCUT2D eigenvalue weighted by Crippen LogP contribution is -2.27. The number of methoxy groups -OCH3 is 1. The molecule has 1 aliphatic heterocycles. The van der Waals surface area contributed by atoms with E-state index >= 15 is 0 Å². The maximum Gasteiger partial charge on any atom is 0.243 e. The van der Waals surface area contributed by atoms with Crippen LogP contribution in [-0.2, 0) is 6.42 Å². The van der Waals surface area contributed by atoms with Gasteiger partial charge in [0.25, 0.3) is 0 Å². The first kappa shape index (κ1) is 13.1. The van der Waals surface area contributed by atoms with Crippen LogP contribution in [0.15, 0.2) is 22.9 Å². The monoisotopic (exact) mass is 274 g/mol. The van der Waals surface area contributed by atoms with Gasteiger partial charge in [-0.1, -0.05) is 17.6 Å². The Morgan fingerprint density at radius 1 is 1.40 bits per heavy atom. The van der Waals surface area contributed by atoms with Crippen molar-refractivity contribution in [2.45, 2.75) is 31.7 Å². The number of aromatic nitrogens is 3. The molecule has 0 amide bonds. The van der Waals surface area contributed by atoms with Gasteiger partial charge in [-0.05, 0) is 24.9 Å². The second-order valence-electron chi connectivity index (χ2n) is 4.94. The Balaban J connectivity index is 1.66. The van der Waals surface area contributed by atoms with Crippen molar-refractivity contribution in [1.29, 1.82) is 0 Å². The van der Waals surface area contributed by atoms with Crippen LogP contribution in [0.1, 0.15) is 42.6 Å². The Morgan fingerprint density at radius 2 is 2.35 bits per heavy atom. The van der Waals surface area contributed by atoms with Gasteiger partial charge < -0.3 is 14.6 Å². The molecule has 0 radical (unpaired) electrons. The molecule has 20 heavy (non-hydrogen) atoms. The van der Waals surface area contributed by atoms with Crippen molar-refractivity contribution in [3.8, 4) is 5.88 Å². The summed E-state index contributed by atoms with van der Waals surface area (Å²) in [6.45, 7) is 1.02. The maximum atomic E-state index is 5.35. The number of rotatable bonds is 4. The standard InChI is InChI=1S/C14H18N4O2/c1-19-13-6-5-10(9-16-13)8-12-17-14(20-18-12)11-4-2-3-7-15-11/h5-6,9,11,15H,2-4,7-8H2,1H3/t11-/m0/s1. The molecule has 0 aromatic carbocycles. The molecule has 6 nitrogen and oxygen atoms in total. The molecule has 2 aromatic heterocycles. The number of nitrogens with one attached hydrogen (secondary N) is 1. The summed E-state index contributed by atoms with van der Waals surface area (Å²) in [5.74, 6) is 1.99. The molecule has 0 spiro atoms. The third-order valence-corrected chi connectivity index (χ3v) is 3.46. The summed E-state index contributed by atoms with van der Waals surface area (Å²) < 4.78 is 10.4. The largest absolute Gasteiger partial charge is 0.481 e. The Hall–Kier alpha value is -1.95. The number of piperidine rings is 1. The van der Waals surface area contributed by atoms with Gasteiger partial charge in [0.05, 0.1) is 13.2 Å². The van der Waals surface area contributed by atoms with Gasteiger partial charge in [-0.25, -0.2) is 4.98 Å². The van der Waals surface area contributed by atoms with Gasteiger partial charge in [-0.15, -0.1) is 0 Å². The van der Waals surface area contributed by atoms with E-state index in [4.69, 9.17) is 9.26 Å². The van der Waals surface area contributed by atoms with Gasteiger partial charge in [0.2, 0.25) is 11.8 Å². The number of nitrogens with zero attached hydrogens (tertiary/aromatic N) is 3. The average Bonchev–Trinajstić information content (AvgIpc) is 2.97. The molecule has 0 bridgehead atoms. The summed E-state index contributed by atoms with van der Waals surface area (Å²) >= 11 is 0. The van der Waals surface area contributed by atoms with Crippen molar-refractivity contribution in [3.63, 3.8) is 0 Å². The minimum atomic E-state index is 0.207. The Labute approximate surface area is 117 Å². The highest BCUT2D eigenvalue weighted by molar-refractivity contribution is 5.20. The molecule has 3 rings (SSSR count). The third-order valence-electron chi connectivity index (χ3n) is 3.46. The lowest BCUT2D eigenvalue weighted by atomic mass is 10.1. The van der Waals surface area contributed by atoms with E-state index < -0.39 is 0 Å². The number of hydrogen-bond donors (Lipinski definition) is 1. The smallest absolute Gasteiger partial charge is 0.243 e. The fourth-order valence-corrected chi connectivity index (χ4v) is 2.36. The summed E-state index contributed by atoms with van der Waals surface area (Å²) in [5.41, 5.74) is 1.04. The van der Waals surface area contributed by atoms with Gasteiger partial charge in [0, 0.05) is 18.7 Å². The van der Waals surface area contributed by atoms with E-state index in [1.165, 1.54) is 12.8 Å². The highest BCUT2D eigenvalue weighted by atomic mass is 16.5. The molecular formula is C14H18N4O2. The van der Waals surface area contributed by atoms with E-state index in [1.807, 2.05) is 12.1 Å². The molecule has 0 unspecified atom stereocenters. The average molecular weight is 274 g/mol. The fraction of sp³-hybridized carbons (Fsp3) is 0.500. The van der Waals surface area contributed by atoms with Crippen LogP contribution < -0.4 is 10.1 Å². The zero-order valence-electron chi connectivity index (χ0n) is 11.5. The summed E-state index contributed by atoms with van der Waals surface area (Å²) in [6, 6.07) is 4.00. The van der Waals surface area contributed by atoms with Gasteiger partial charge in [-0.2, -0.15) is 4.98 Å². The molecule has 1 saturated heterocycles. The zero-order chi connectivity index (χ0) is 13.8. The number of pyridine rings is 1. The minimum absolute atomic E-state index is 0.207. The van der Waals surface area contributed by atoms with Crippen LogP contribution in [0.25, 0.3) is 0 Å². The van der Waals surface area contributed by atoms with E-state index in [2.05, 4.69) is 20.4 Å². The summed E-state index contributed by atoms with van der Waals surface area (Å²) in [7, 11) is 1.60. The van der Waals surface area contributed by atoms with Crippen LogP contribution >= 0.6 is 0 Å². The van der Waals surface area contributed by atoms with Crippen molar-refractivity contribution in [3.05, 3.63) is 35.6 Å². The molecule has 6 heteroatoms. The van der Waals surface area contributed by atoms with Crippen LogP contribution in [0.3, 0.4) is 0 Å². The molecular weight excluding hydrogens is 256 g/mol. The Bertz CT molecular complexity index is 547. The van der Waals surface area contributed by atoms with E-state index in [9.17, 15) is 0 Å². The molecule has 106 valence electrons. The van der Waals surface area contributed by atoms with Crippen molar-refractivity contribution < 1.29 is 9.26 Å². The van der Waals surface area contributed by atoms with Gasteiger partial charge in [-0.3, -0.25) is 0 Å². The van der Waals surface area contributed by atoms with Gasteiger partial charge in [0.15, 0.2) is 5.82 Å². The van der Waals surface area contributed by atoms with Crippen molar-refractivity contribution in [1.82, 2.24) is 20.4 Å². The Morgan fingerprint density at radius 3 is 3.05 bits per heavy atom. The molecule has 0 aliphatic carbocycles. The highest BCUT2D eigenvalue weighted by Gasteiger charge is 2.20. The second kappa shape index (κ2) is 6.00. The quantitative estimate of drug-likeness (QED) is 0.917. The van der Waals surface area contributed by atoms with Gasteiger partial charge >= 0.3 is 0 Å². The van der Waals surface area contributed by atoms with E-state index in [0.29, 0.717) is 24.0 Å². The molecule has 0 saturated carbocycles. The molecule has 2 aromatic rings. The third kappa shape index (κ3) is 2.96. The van der Waals surface area contributed by atoms with Crippen molar-refractivity contribution in [2.75, 3.05) is 13.7 Å². The topological polar surface area (TPSA) is 73.1 Å². The molecule has 1 atom stereocenters. The molecule has 1 fully saturated rings. The predicted octanol–water partition coefficient (Wildman–Crippen LogP) is 1.88. The molecule has 1 N–H and O–H groups in total. The normalized spacial score (nSPS) is 18.9. The Kier molecular flexibility index (Phi) is 3.92. The fourth-order valence-electron chi connectivity index (χ4n) is 2.36. The SMILES string of the molecule is COc1ccc(Cc2noc([C@@H]3CCCCN3)n2)cn1. The lowest BCUT2D eigenvalue weighted by molar-refractivity contribution is 0.296. The first-order valence-electron chi connectivity index (χ1n) is 6.90. The highest BCUT2D eigenvalue weighted by Crippen LogP contribution is 2.21. The number of hydrogen-bond acceptors (Lipinski definition) is 6. The maximum absolute atomic E-state index is 5.35. The summed E-state index contributed by atoms with van der Waals surface area (Å²) in [5, 5.41) is 7.45. The molecule has 1 aliphatic rings. The first-order chi connectivity index (χ1) is 9.85. The second-order valence-corrected chi connectivity index (χ2v) is 4.94. The van der Waals surface area contributed by atoms with Gasteiger partial charge in [0.1, 0.15) is 0 Å². The summed E-state index contributed by atoms with van der Waals surface area (Å²) in [4.78, 5) is 8.64. The van der Waals surface area contributed by atoms with Crippen LogP contribution in [0.5, 0.6) is 5.88 Å². The van der Waals surface area contributed by atoms with Crippen LogP contribution in [0.2, 0.25) is 0 Å². The number of ether oxygens (including phenoxy) is 1. The van der Waals surface area contributed by atoms with Crippen molar-refractivity contribution in [2.24, 2.45) is 0 Å². The van der Waals surface area contributed by atoms with E-state index in [1.54, 1.807) is 13.3 Å². The zero-order valence-corrected chi connectivity index (χ0v) is 11.5. The lowest BCUT2D eigenvalue weighted by Gasteiger charge is -2.19. The summed E-state index contributed by atoms with van der Waals surface area (Å²) in [6.07, 6.45) is 5.87. The molecule has 3 heterocycles.